The van der Waals surface area contributed by atoms with Crippen LogP contribution in [0.5, 0.6) is 5.75 Å². The fraction of sp³-hybridized carbons (Fsp3) is 0.636. The summed E-state index contributed by atoms with van der Waals surface area (Å²) in [4.78, 5) is 24.5. The molecule has 3 unspecified atom stereocenters. The molecule has 27 heavy (non-hydrogen) atoms. The zero-order valence-corrected chi connectivity index (χ0v) is 15.5. The molecular formula is C22H27NO4. The van der Waals surface area contributed by atoms with Crippen LogP contribution in [0.1, 0.15) is 72.3 Å². The minimum Gasteiger partial charge on any atom is -0.507 e. The van der Waals surface area contributed by atoms with Crippen LogP contribution < -0.4 is 5.73 Å². The second-order valence-electron chi connectivity index (χ2n) is 9.27. The first-order chi connectivity index (χ1) is 12.9. The molecule has 3 fully saturated rings. The van der Waals surface area contributed by atoms with Crippen molar-refractivity contribution in [2.24, 2.45) is 29.4 Å². The number of aromatic hydroxyl groups is 1. The van der Waals surface area contributed by atoms with Crippen LogP contribution in [0.4, 0.5) is 0 Å². The van der Waals surface area contributed by atoms with Crippen molar-refractivity contribution in [1.82, 2.24) is 0 Å². The second-order valence-corrected chi connectivity index (χ2v) is 9.27. The number of phenols is 1. The lowest BCUT2D eigenvalue weighted by Crippen LogP contribution is -2.55. The molecule has 0 aromatic heterocycles. The first kappa shape index (κ1) is 17.2. The molecule has 1 aromatic carbocycles. The molecule has 0 aliphatic heterocycles. The van der Waals surface area contributed by atoms with Crippen LogP contribution in [0, 0.1) is 23.7 Å². The van der Waals surface area contributed by atoms with Gasteiger partial charge in [-0.05, 0) is 61.5 Å². The number of carbonyl (C=O) groups excluding carboxylic acids is 2. The Morgan fingerprint density at radius 3 is 2.70 bits per heavy atom. The van der Waals surface area contributed by atoms with Crippen molar-refractivity contribution in [3.8, 4) is 5.75 Å². The van der Waals surface area contributed by atoms with Gasteiger partial charge in [-0.1, -0.05) is 18.9 Å². The Hall–Kier alpha value is -1.88. The summed E-state index contributed by atoms with van der Waals surface area (Å²) in [5.41, 5.74) is 6.12. The third kappa shape index (κ3) is 2.47. The van der Waals surface area contributed by atoms with E-state index in [4.69, 9.17) is 5.73 Å². The molecule has 0 spiro atoms. The number of fused-ring (bicyclic) bond motifs is 1. The molecule has 144 valence electrons. The number of Topliss-reactive ketones (excluding diaryl/α,β-unsaturated/α-hetero) is 1. The molecule has 4 bridgehead atoms. The predicted octanol–water partition coefficient (Wildman–Crippen LogP) is 2.67. The van der Waals surface area contributed by atoms with E-state index in [0.717, 1.165) is 30.7 Å². The lowest BCUT2D eigenvalue weighted by Gasteiger charge is -2.52. The Labute approximate surface area is 158 Å². The van der Waals surface area contributed by atoms with Gasteiger partial charge < -0.3 is 15.9 Å². The molecule has 5 nitrogen and oxygen atoms in total. The van der Waals surface area contributed by atoms with Crippen molar-refractivity contribution in [3.05, 3.63) is 28.8 Å². The van der Waals surface area contributed by atoms with Gasteiger partial charge in [-0.15, -0.1) is 0 Å². The van der Waals surface area contributed by atoms with Crippen molar-refractivity contribution in [1.29, 1.82) is 0 Å². The van der Waals surface area contributed by atoms with E-state index in [0.29, 0.717) is 30.7 Å². The molecule has 5 rings (SSSR count). The monoisotopic (exact) mass is 369 g/mol. The van der Waals surface area contributed by atoms with Crippen molar-refractivity contribution in [3.63, 3.8) is 0 Å². The summed E-state index contributed by atoms with van der Waals surface area (Å²) in [6.07, 6.45) is 7.01. The zero-order valence-electron chi connectivity index (χ0n) is 15.5. The number of rotatable bonds is 3. The average Bonchev–Trinajstić information content (AvgIpc) is 3.43. The summed E-state index contributed by atoms with van der Waals surface area (Å²) in [5.74, 6) is 0.00684. The van der Waals surface area contributed by atoms with E-state index in [9.17, 15) is 19.8 Å². The number of aliphatic hydroxyl groups is 1. The Morgan fingerprint density at radius 2 is 2.00 bits per heavy atom. The van der Waals surface area contributed by atoms with E-state index >= 15 is 0 Å². The molecule has 3 saturated carbocycles. The number of nitrogens with two attached hydrogens (primary N) is 1. The summed E-state index contributed by atoms with van der Waals surface area (Å²) in [6, 6.07) is 3.46. The van der Waals surface area contributed by atoms with Crippen LogP contribution >= 0.6 is 0 Å². The maximum absolute atomic E-state index is 12.8. The summed E-state index contributed by atoms with van der Waals surface area (Å²) in [5, 5.41) is 22.8. The third-order valence-electron chi connectivity index (χ3n) is 7.84. The van der Waals surface area contributed by atoms with Crippen LogP contribution in [0.3, 0.4) is 0 Å². The van der Waals surface area contributed by atoms with Gasteiger partial charge in [0.15, 0.2) is 0 Å². The number of hydrogen-bond donors (Lipinski definition) is 3. The molecular weight excluding hydrogens is 342 g/mol. The molecule has 4 aliphatic rings. The van der Waals surface area contributed by atoms with Gasteiger partial charge in [0.05, 0.1) is 11.2 Å². The Morgan fingerprint density at radius 1 is 1.22 bits per heavy atom. The van der Waals surface area contributed by atoms with Gasteiger partial charge >= 0.3 is 0 Å². The number of carbonyl (C=O) groups is 2. The average molecular weight is 369 g/mol. The minimum absolute atomic E-state index is 0.0834. The summed E-state index contributed by atoms with van der Waals surface area (Å²) >= 11 is 0. The maximum atomic E-state index is 12.8. The predicted molar refractivity (Wildman–Crippen MR) is 99.3 cm³/mol. The van der Waals surface area contributed by atoms with E-state index in [1.165, 1.54) is 12.8 Å². The first-order valence-electron chi connectivity index (χ1n) is 10.3. The van der Waals surface area contributed by atoms with E-state index in [2.05, 4.69) is 0 Å². The number of hydrogen-bond acceptors (Lipinski definition) is 4. The van der Waals surface area contributed by atoms with Gasteiger partial charge in [-0.25, -0.2) is 0 Å². The van der Waals surface area contributed by atoms with Crippen LogP contribution in [0.25, 0.3) is 0 Å². The molecule has 1 aromatic rings. The molecule has 0 radical (unpaired) electrons. The lowest BCUT2D eigenvalue weighted by atomic mass is 9.55. The summed E-state index contributed by atoms with van der Waals surface area (Å²) in [7, 11) is 0. The maximum Gasteiger partial charge on any atom is 0.252 e. The largest absolute Gasteiger partial charge is 0.507 e. The standard InChI is InChI=1S/C22H27NO4/c23-21(26)15-6-4-13-10-16-12(9-11-1-2-11)3-5-14-17(24)7-8-22(16,27)19(14)18(13)20(15)25/h4,6,11-12,14,16,19,25,27H,1-3,5,7-10H2,(H2,23,26)/t12?,14?,16-,19?,22+/m0/s1. The van der Waals surface area contributed by atoms with Gasteiger partial charge in [-0.3, -0.25) is 9.59 Å². The first-order valence-corrected chi connectivity index (χ1v) is 10.3. The van der Waals surface area contributed by atoms with Crippen molar-refractivity contribution < 1.29 is 19.8 Å². The Balaban J connectivity index is 1.68. The molecule has 4 aliphatic carbocycles. The SMILES string of the molecule is NC(=O)c1ccc2c(c1O)C1C3CCC(CC4CC4)[C@H](C2)[C@]1(O)CCC3=O. The van der Waals surface area contributed by atoms with Crippen LogP contribution in [0.2, 0.25) is 0 Å². The number of ketones is 1. The van der Waals surface area contributed by atoms with Crippen LogP contribution in [0.15, 0.2) is 12.1 Å². The van der Waals surface area contributed by atoms with Crippen LogP contribution in [-0.2, 0) is 11.2 Å². The van der Waals surface area contributed by atoms with E-state index in [1.807, 2.05) is 6.07 Å². The van der Waals surface area contributed by atoms with Crippen molar-refractivity contribution >= 4 is 11.7 Å². The van der Waals surface area contributed by atoms with Crippen LogP contribution in [-0.4, -0.2) is 27.5 Å². The van der Waals surface area contributed by atoms with Gasteiger partial charge in [0.1, 0.15) is 11.5 Å². The van der Waals surface area contributed by atoms with Crippen molar-refractivity contribution in [2.45, 2.75) is 62.9 Å². The highest BCUT2D eigenvalue weighted by atomic mass is 16.3. The highest BCUT2D eigenvalue weighted by Gasteiger charge is 2.60. The smallest absolute Gasteiger partial charge is 0.252 e. The highest BCUT2D eigenvalue weighted by Crippen LogP contribution is 2.61. The fourth-order valence-electron chi connectivity index (χ4n) is 6.41. The zero-order chi connectivity index (χ0) is 18.9. The van der Waals surface area contributed by atoms with E-state index < -0.39 is 17.4 Å². The highest BCUT2D eigenvalue weighted by molar-refractivity contribution is 5.96. The normalized spacial score (nSPS) is 37.4. The van der Waals surface area contributed by atoms with Gasteiger partial charge in [0, 0.05) is 23.8 Å². The second kappa shape index (κ2) is 5.81. The van der Waals surface area contributed by atoms with E-state index in [1.54, 1.807) is 6.07 Å². The van der Waals surface area contributed by atoms with Gasteiger partial charge in [-0.2, -0.15) is 0 Å². The molecule has 0 heterocycles. The number of primary amides is 1. The number of amides is 1. The van der Waals surface area contributed by atoms with Gasteiger partial charge in [0.2, 0.25) is 0 Å². The Kier molecular flexibility index (Phi) is 3.71. The van der Waals surface area contributed by atoms with Gasteiger partial charge in [0.25, 0.3) is 5.91 Å². The quantitative estimate of drug-likeness (QED) is 0.762. The minimum atomic E-state index is -0.977. The Bertz CT molecular complexity index is 830. The lowest BCUT2D eigenvalue weighted by molar-refractivity contribution is -0.142. The van der Waals surface area contributed by atoms with Crippen molar-refractivity contribution in [2.75, 3.05) is 0 Å². The summed E-state index contributed by atoms with van der Waals surface area (Å²) in [6.45, 7) is 0. The third-order valence-corrected chi connectivity index (χ3v) is 7.84. The molecule has 5 heteroatoms. The molecule has 4 N–H and O–H groups in total. The molecule has 1 amide bonds. The van der Waals surface area contributed by atoms with E-state index in [-0.39, 0.29) is 28.9 Å². The molecule has 0 saturated heterocycles. The number of benzene rings is 1. The summed E-state index contributed by atoms with van der Waals surface area (Å²) < 4.78 is 0. The molecule has 5 atom stereocenters. The fourth-order valence-corrected chi connectivity index (χ4v) is 6.41. The topological polar surface area (TPSA) is 101 Å².